The Kier molecular flexibility index (Phi) is 4.12. The van der Waals surface area contributed by atoms with Crippen LogP contribution in [0.5, 0.6) is 5.88 Å². The van der Waals surface area contributed by atoms with Crippen LogP contribution in [0, 0.1) is 0 Å². The van der Waals surface area contributed by atoms with Crippen molar-refractivity contribution in [2.45, 2.75) is 6.54 Å². The van der Waals surface area contributed by atoms with Gasteiger partial charge in [0.15, 0.2) is 0 Å². The van der Waals surface area contributed by atoms with Gasteiger partial charge in [0.2, 0.25) is 5.88 Å². The van der Waals surface area contributed by atoms with Gasteiger partial charge in [-0.05, 0) is 18.2 Å². The van der Waals surface area contributed by atoms with Crippen LogP contribution in [-0.2, 0) is 6.54 Å². The molecule has 3 aromatic rings. The van der Waals surface area contributed by atoms with E-state index < -0.39 is 0 Å². The Balaban J connectivity index is 1.72. The number of aromatic nitrogens is 2. The molecule has 21 heavy (non-hydrogen) atoms. The van der Waals surface area contributed by atoms with Crippen LogP contribution in [0.2, 0.25) is 0 Å². The minimum absolute atomic E-state index is 0.630. The summed E-state index contributed by atoms with van der Waals surface area (Å²) < 4.78 is 5.13. The highest BCUT2D eigenvalue weighted by atomic mass is 32.1. The number of pyridine rings is 1. The number of benzene rings is 1. The molecule has 0 saturated heterocycles. The van der Waals surface area contributed by atoms with Gasteiger partial charge in [0.25, 0.3) is 0 Å². The SMILES string of the molecule is COc1cccc(CNc2cccc(-c3nccs3)c2)n1. The largest absolute Gasteiger partial charge is 0.481 e. The second-order valence-electron chi connectivity index (χ2n) is 4.44. The number of hydrogen-bond donors (Lipinski definition) is 1. The maximum absolute atomic E-state index is 5.13. The fraction of sp³-hybridized carbons (Fsp3) is 0.125. The fourth-order valence-corrected chi connectivity index (χ4v) is 2.63. The van der Waals surface area contributed by atoms with Crippen LogP contribution in [-0.4, -0.2) is 17.1 Å². The Hall–Kier alpha value is -2.40. The highest BCUT2D eigenvalue weighted by molar-refractivity contribution is 7.13. The topological polar surface area (TPSA) is 47.0 Å². The summed E-state index contributed by atoms with van der Waals surface area (Å²) in [6.45, 7) is 0.651. The lowest BCUT2D eigenvalue weighted by Gasteiger charge is -2.08. The maximum Gasteiger partial charge on any atom is 0.213 e. The summed E-state index contributed by atoms with van der Waals surface area (Å²) in [6, 6.07) is 14.0. The Bertz CT molecular complexity index is 713. The summed E-state index contributed by atoms with van der Waals surface area (Å²) in [4.78, 5) is 8.71. The number of nitrogens with one attached hydrogen (secondary N) is 1. The molecule has 0 unspecified atom stereocenters. The molecule has 2 heterocycles. The Morgan fingerprint density at radius 2 is 2.10 bits per heavy atom. The molecule has 0 aliphatic carbocycles. The molecular formula is C16H15N3OS. The van der Waals surface area contributed by atoms with Gasteiger partial charge in [-0.3, -0.25) is 0 Å². The molecule has 0 bridgehead atoms. The quantitative estimate of drug-likeness (QED) is 0.777. The first-order chi connectivity index (χ1) is 10.3. The molecular weight excluding hydrogens is 282 g/mol. The third-order valence-electron chi connectivity index (χ3n) is 3.01. The van der Waals surface area contributed by atoms with E-state index in [0.29, 0.717) is 12.4 Å². The van der Waals surface area contributed by atoms with Crippen molar-refractivity contribution in [1.82, 2.24) is 9.97 Å². The summed E-state index contributed by atoms with van der Waals surface area (Å²) in [7, 11) is 1.62. The molecule has 1 aromatic carbocycles. The monoisotopic (exact) mass is 297 g/mol. The highest BCUT2D eigenvalue weighted by Crippen LogP contribution is 2.24. The van der Waals surface area contributed by atoms with Gasteiger partial charge in [0, 0.05) is 28.9 Å². The lowest BCUT2D eigenvalue weighted by Crippen LogP contribution is -2.02. The van der Waals surface area contributed by atoms with Crippen LogP contribution in [0.1, 0.15) is 5.69 Å². The van der Waals surface area contributed by atoms with Crippen molar-refractivity contribution in [3.8, 4) is 16.5 Å². The van der Waals surface area contributed by atoms with Crippen LogP contribution < -0.4 is 10.1 Å². The molecule has 106 valence electrons. The number of nitrogens with zero attached hydrogens (tertiary/aromatic N) is 2. The van der Waals surface area contributed by atoms with E-state index in [1.54, 1.807) is 18.4 Å². The van der Waals surface area contributed by atoms with Crippen LogP contribution >= 0.6 is 11.3 Å². The van der Waals surface area contributed by atoms with E-state index in [4.69, 9.17) is 4.74 Å². The third-order valence-corrected chi connectivity index (χ3v) is 3.83. The standard InChI is InChI=1S/C16H15N3OS/c1-20-15-7-3-6-14(19-15)11-18-13-5-2-4-12(10-13)16-17-8-9-21-16/h2-10,18H,11H2,1H3. The molecule has 0 spiro atoms. The molecule has 5 heteroatoms. The molecule has 0 saturated carbocycles. The van der Waals surface area contributed by atoms with E-state index in [-0.39, 0.29) is 0 Å². The number of anilines is 1. The van der Waals surface area contributed by atoms with Crippen molar-refractivity contribution in [3.63, 3.8) is 0 Å². The Labute approximate surface area is 127 Å². The van der Waals surface area contributed by atoms with Gasteiger partial charge in [0.05, 0.1) is 19.3 Å². The zero-order chi connectivity index (χ0) is 14.5. The summed E-state index contributed by atoms with van der Waals surface area (Å²) in [5.41, 5.74) is 3.11. The molecule has 1 N–H and O–H groups in total. The van der Waals surface area contributed by atoms with E-state index in [0.717, 1.165) is 22.0 Å². The second kappa shape index (κ2) is 6.37. The van der Waals surface area contributed by atoms with E-state index in [9.17, 15) is 0 Å². The summed E-state index contributed by atoms with van der Waals surface area (Å²) in [6.07, 6.45) is 1.82. The van der Waals surface area contributed by atoms with Crippen molar-refractivity contribution < 1.29 is 4.74 Å². The number of rotatable bonds is 5. The van der Waals surface area contributed by atoms with Crippen LogP contribution in [0.25, 0.3) is 10.6 Å². The number of methoxy groups -OCH3 is 1. The van der Waals surface area contributed by atoms with E-state index in [1.165, 1.54) is 0 Å². The van der Waals surface area contributed by atoms with Crippen molar-refractivity contribution in [2.75, 3.05) is 12.4 Å². The molecule has 0 atom stereocenters. The minimum Gasteiger partial charge on any atom is -0.481 e. The minimum atomic E-state index is 0.630. The lowest BCUT2D eigenvalue weighted by atomic mass is 10.2. The average molecular weight is 297 g/mol. The van der Waals surface area contributed by atoms with Crippen molar-refractivity contribution in [2.24, 2.45) is 0 Å². The maximum atomic E-state index is 5.13. The summed E-state index contributed by atoms with van der Waals surface area (Å²) >= 11 is 1.64. The number of hydrogen-bond acceptors (Lipinski definition) is 5. The third kappa shape index (κ3) is 3.38. The first-order valence-corrected chi connectivity index (χ1v) is 7.47. The first-order valence-electron chi connectivity index (χ1n) is 6.59. The molecule has 0 aliphatic heterocycles. The first kappa shape index (κ1) is 13.6. The van der Waals surface area contributed by atoms with Crippen molar-refractivity contribution in [3.05, 3.63) is 59.7 Å². The van der Waals surface area contributed by atoms with Crippen LogP contribution in [0.15, 0.2) is 54.0 Å². The highest BCUT2D eigenvalue weighted by Gasteiger charge is 2.02. The van der Waals surface area contributed by atoms with Gasteiger partial charge < -0.3 is 10.1 Å². The molecule has 2 aromatic heterocycles. The molecule has 4 nitrogen and oxygen atoms in total. The summed E-state index contributed by atoms with van der Waals surface area (Å²) in [5, 5.41) is 6.38. The van der Waals surface area contributed by atoms with Gasteiger partial charge in [-0.1, -0.05) is 18.2 Å². The molecule has 3 rings (SSSR count). The lowest BCUT2D eigenvalue weighted by molar-refractivity contribution is 0.396. The van der Waals surface area contributed by atoms with Gasteiger partial charge in [-0.15, -0.1) is 11.3 Å². The predicted octanol–water partition coefficient (Wildman–Crippen LogP) is 3.83. The van der Waals surface area contributed by atoms with E-state index in [1.807, 2.05) is 41.9 Å². The van der Waals surface area contributed by atoms with Crippen LogP contribution in [0.3, 0.4) is 0 Å². The zero-order valence-electron chi connectivity index (χ0n) is 11.6. The molecule has 0 fully saturated rings. The second-order valence-corrected chi connectivity index (χ2v) is 5.34. The van der Waals surface area contributed by atoms with E-state index >= 15 is 0 Å². The van der Waals surface area contributed by atoms with Gasteiger partial charge in [-0.25, -0.2) is 9.97 Å². The normalized spacial score (nSPS) is 10.3. The molecule has 0 radical (unpaired) electrons. The number of thiazole rings is 1. The molecule has 0 aliphatic rings. The Morgan fingerprint density at radius 1 is 1.19 bits per heavy atom. The smallest absolute Gasteiger partial charge is 0.213 e. The van der Waals surface area contributed by atoms with Crippen molar-refractivity contribution in [1.29, 1.82) is 0 Å². The van der Waals surface area contributed by atoms with Crippen molar-refractivity contribution >= 4 is 17.0 Å². The average Bonchev–Trinajstić information content (AvgIpc) is 3.08. The predicted molar refractivity (Wildman–Crippen MR) is 85.7 cm³/mol. The zero-order valence-corrected chi connectivity index (χ0v) is 12.4. The van der Waals surface area contributed by atoms with E-state index in [2.05, 4.69) is 27.4 Å². The fourth-order valence-electron chi connectivity index (χ4n) is 1.99. The van der Waals surface area contributed by atoms with Gasteiger partial charge in [-0.2, -0.15) is 0 Å². The molecule has 0 amide bonds. The van der Waals surface area contributed by atoms with Gasteiger partial charge >= 0.3 is 0 Å². The van der Waals surface area contributed by atoms with Gasteiger partial charge in [0.1, 0.15) is 5.01 Å². The number of ether oxygens (including phenoxy) is 1. The Morgan fingerprint density at radius 3 is 2.90 bits per heavy atom. The van der Waals surface area contributed by atoms with Crippen LogP contribution in [0.4, 0.5) is 5.69 Å². The summed E-state index contributed by atoms with van der Waals surface area (Å²) in [5.74, 6) is 0.630.